The second kappa shape index (κ2) is 6.10. The van der Waals surface area contributed by atoms with Gasteiger partial charge in [0.1, 0.15) is 42.9 Å². The number of hydrogen-bond acceptors (Lipinski definition) is 9. The highest BCUT2D eigenvalue weighted by atomic mass is 32.2. The van der Waals surface area contributed by atoms with Crippen LogP contribution in [-0.4, -0.2) is 69.3 Å². The number of rotatable bonds is 7. The summed E-state index contributed by atoms with van der Waals surface area (Å²) < 4.78 is 49.6. The monoisotopic (exact) mass is 362 g/mol. The highest BCUT2D eigenvalue weighted by molar-refractivity contribution is 7.87. The molecule has 3 aliphatic rings. The maximum Gasteiger partial charge on any atom is 0.332 e. The summed E-state index contributed by atoms with van der Waals surface area (Å²) in [5.41, 5.74) is -1.03. The maximum absolute atomic E-state index is 11.9. The molecule has 0 spiro atoms. The van der Waals surface area contributed by atoms with Gasteiger partial charge in [-0.05, 0) is 13.3 Å². The van der Waals surface area contributed by atoms with E-state index in [0.717, 1.165) is 6.08 Å². The van der Waals surface area contributed by atoms with Gasteiger partial charge in [0.15, 0.2) is 0 Å². The third-order valence-electron chi connectivity index (χ3n) is 4.50. The van der Waals surface area contributed by atoms with E-state index in [4.69, 9.17) is 18.4 Å². The van der Waals surface area contributed by atoms with E-state index in [0.29, 0.717) is 0 Å². The van der Waals surface area contributed by atoms with Gasteiger partial charge in [0, 0.05) is 6.08 Å². The number of fused-ring (bicyclic) bond motifs is 1. The molecule has 3 saturated heterocycles. The first-order valence-electron chi connectivity index (χ1n) is 7.44. The van der Waals surface area contributed by atoms with Crippen molar-refractivity contribution in [3.05, 3.63) is 12.7 Å². The first-order chi connectivity index (χ1) is 11.3. The van der Waals surface area contributed by atoms with E-state index in [1.54, 1.807) is 6.92 Å². The van der Waals surface area contributed by atoms with Crippen LogP contribution in [0.15, 0.2) is 12.7 Å². The van der Waals surface area contributed by atoms with E-state index in [-0.39, 0.29) is 26.2 Å². The van der Waals surface area contributed by atoms with Crippen LogP contribution in [0.3, 0.4) is 0 Å². The lowest BCUT2D eigenvalue weighted by Gasteiger charge is -2.33. The fraction of sp³-hybridized carbons (Fsp3) is 0.714. The fourth-order valence-electron chi connectivity index (χ4n) is 3.26. The van der Waals surface area contributed by atoms with E-state index in [1.165, 1.54) is 0 Å². The van der Waals surface area contributed by atoms with Gasteiger partial charge in [0.2, 0.25) is 0 Å². The molecule has 0 aromatic heterocycles. The molecule has 5 atom stereocenters. The molecule has 0 saturated carbocycles. The normalized spacial score (nSPS) is 38.0. The molecule has 5 unspecified atom stereocenters. The molecule has 0 N–H and O–H groups in total. The smallest absolute Gasteiger partial charge is 0.332 e. The Morgan fingerprint density at radius 1 is 1.33 bits per heavy atom. The number of carbonyl (C=O) groups excluding carboxylic acids is 2. The summed E-state index contributed by atoms with van der Waals surface area (Å²) in [5, 5.41) is -0.657. The van der Waals surface area contributed by atoms with Crippen LogP contribution in [0.4, 0.5) is 0 Å². The molecule has 0 aliphatic carbocycles. The zero-order chi connectivity index (χ0) is 17.5. The van der Waals surface area contributed by atoms with E-state index < -0.39 is 51.2 Å². The molecule has 2 bridgehead atoms. The lowest BCUT2D eigenvalue weighted by molar-refractivity contribution is -0.165. The third kappa shape index (κ3) is 2.83. The van der Waals surface area contributed by atoms with E-state index in [1.807, 2.05) is 0 Å². The van der Waals surface area contributed by atoms with Crippen molar-refractivity contribution in [1.82, 2.24) is 0 Å². The van der Waals surface area contributed by atoms with Gasteiger partial charge in [0.25, 0.3) is 10.1 Å². The first kappa shape index (κ1) is 17.3. The summed E-state index contributed by atoms with van der Waals surface area (Å²) in [6.45, 7) is 4.31. The summed E-state index contributed by atoms with van der Waals surface area (Å²) in [6.07, 6.45) is -0.473. The lowest BCUT2D eigenvalue weighted by atomic mass is 9.83. The molecule has 3 fully saturated rings. The van der Waals surface area contributed by atoms with Gasteiger partial charge >= 0.3 is 11.9 Å². The molecule has 0 radical (unpaired) electrons. The first-order valence-corrected chi connectivity index (χ1v) is 8.91. The molecule has 0 amide bonds. The lowest BCUT2D eigenvalue weighted by Crippen LogP contribution is -2.51. The number of ether oxygens (including phenoxy) is 4. The predicted octanol–water partition coefficient (Wildman–Crippen LogP) is -0.698. The quantitative estimate of drug-likeness (QED) is 0.251. The molecular weight excluding hydrogens is 344 g/mol. The number of hydrogen-bond donors (Lipinski definition) is 0. The van der Waals surface area contributed by atoms with Gasteiger partial charge in [-0.1, -0.05) is 6.58 Å². The topological polar surface area (TPSA) is 114 Å². The van der Waals surface area contributed by atoms with Crippen LogP contribution in [0.2, 0.25) is 0 Å². The van der Waals surface area contributed by atoms with Gasteiger partial charge in [-0.2, -0.15) is 8.42 Å². The Kier molecular flexibility index (Phi) is 4.41. The van der Waals surface area contributed by atoms with Crippen LogP contribution < -0.4 is 0 Å². The van der Waals surface area contributed by atoms with Crippen LogP contribution in [0.25, 0.3) is 0 Å². The van der Waals surface area contributed by atoms with Gasteiger partial charge in [-0.25, -0.2) is 9.59 Å². The van der Waals surface area contributed by atoms with Crippen molar-refractivity contribution in [1.29, 1.82) is 0 Å². The zero-order valence-electron chi connectivity index (χ0n) is 13.0. The number of esters is 2. The Balaban J connectivity index is 1.48. The van der Waals surface area contributed by atoms with E-state index >= 15 is 0 Å². The van der Waals surface area contributed by atoms with E-state index in [9.17, 15) is 18.0 Å². The standard InChI is InChI=1S/C14H18O9S/c1-3-10(15)19-4-5-20-11(16)7-21-14(2)9-6-8-12(22-9)13(14)23-24(8,17)18/h3,8-9,12-13H,1,4-7H2,2H3. The Morgan fingerprint density at radius 2 is 2.04 bits per heavy atom. The molecule has 10 heteroatoms. The van der Waals surface area contributed by atoms with Crippen molar-refractivity contribution >= 4 is 22.1 Å². The summed E-state index contributed by atoms with van der Waals surface area (Å²) in [6, 6.07) is 0. The Morgan fingerprint density at radius 3 is 2.75 bits per heavy atom. The predicted molar refractivity (Wildman–Crippen MR) is 77.3 cm³/mol. The molecule has 134 valence electrons. The van der Waals surface area contributed by atoms with Crippen molar-refractivity contribution in [3.8, 4) is 0 Å². The molecule has 0 aromatic rings. The molecular formula is C14H18O9S. The van der Waals surface area contributed by atoms with Crippen LogP contribution >= 0.6 is 0 Å². The third-order valence-corrected chi connectivity index (χ3v) is 6.18. The van der Waals surface area contributed by atoms with Crippen LogP contribution in [0, 0.1) is 0 Å². The van der Waals surface area contributed by atoms with Crippen LogP contribution in [0.1, 0.15) is 13.3 Å². The summed E-state index contributed by atoms with van der Waals surface area (Å²) >= 11 is 0. The Bertz CT molecular complexity index is 657. The highest BCUT2D eigenvalue weighted by Crippen LogP contribution is 2.53. The van der Waals surface area contributed by atoms with Crippen LogP contribution in [-0.2, 0) is 42.8 Å². The molecule has 0 aromatic carbocycles. The Hall–Kier alpha value is -1.49. The van der Waals surface area contributed by atoms with Crippen molar-refractivity contribution in [2.45, 2.75) is 42.5 Å². The Labute approximate surface area is 139 Å². The van der Waals surface area contributed by atoms with Crippen molar-refractivity contribution in [2.24, 2.45) is 0 Å². The van der Waals surface area contributed by atoms with Crippen molar-refractivity contribution in [2.75, 3.05) is 19.8 Å². The molecule has 3 heterocycles. The minimum Gasteiger partial charge on any atom is -0.460 e. The van der Waals surface area contributed by atoms with Gasteiger partial charge < -0.3 is 18.9 Å². The second-order valence-electron chi connectivity index (χ2n) is 5.94. The van der Waals surface area contributed by atoms with Gasteiger partial charge in [-0.15, -0.1) is 0 Å². The summed E-state index contributed by atoms with van der Waals surface area (Å²) in [7, 11) is -3.65. The highest BCUT2D eigenvalue weighted by Gasteiger charge is 2.71. The maximum atomic E-state index is 11.9. The van der Waals surface area contributed by atoms with Gasteiger partial charge in [-0.3, -0.25) is 4.18 Å². The zero-order valence-corrected chi connectivity index (χ0v) is 13.8. The minimum atomic E-state index is -3.65. The van der Waals surface area contributed by atoms with Crippen LogP contribution in [0.5, 0.6) is 0 Å². The SMILES string of the molecule is C=CC(=O)OCCOC(=O)COC1(C)C2CC3C(O2)C1OS3(=O)=O. The molecule has 24 heavy (non-hydrogen) atoms. The minimum absolute atomic E-state index is 0.0899. The number of carbonyl (C=O) groups is 2. The van der Waals surface area contributed by atoms with E-state index in [2.05, 4.69) is 11.3 Å². The average Bonchev–Trinajstić information content (AvgIpc) is 3.14. The average molecular weight is 362 g/mol. The largest absolute Gasteiger partial charge is 0.460 e. The van der Waals surface area contributed by atoms with Crippen molar-refractivity contribution in [3.63, 3.8) is 0 Å². The van der Waals surface area contributed by atoms with Crippen molar-refractivity contribution < 1.29 is 41.1 Å². The second-order valence-corrected chi connectivity index (χ2v) is 7.72. The fourth-order valence-corrected chi connectivity index (χ4v) is 4.94. The summed E-state index contributed by atoms with van der Waals surface area (Å²) in [4.78, 5) is 22.5. The molecule has 3 rings (SSSR count). The molecule has 3 aliphatic heterocycles. The molecule has 9 nitrogen and oxygen atoms in total. The summed E-state index contributed by atoms with van der Waals surface area (Å²) in [5.74, 6) is -1.27. The van der Waals surface area contributed by atoms with Gasteiger partial charge in [0.05, 0.1) is 6.10 Å².